The molecule has 28 heavy (non-hydrogen) atoms. The van der Waals surface area contributed by atoms with E-state index in [-0.39, 0.29) is 11.3 Å². The third-order valence-electron chi connectivity index (χ3n) is 3.99. The molecule has 1 heterocycles. The summed E-state index contributed by atoms with van der Waals surface area (Å²) >= 11 is 0. The summed E-state index contributed by atoms with van der Waals surface area (Å²) < 4.78 is 6.21. The number of carbonyl (C=O) groups is 2. The first kappa shape index (κ1) is 18.8. The van der Waals surface area contributed by atoms with E-state index < -0.39 is 11.8 Å². The number of aromatic nitrogens is 2. The fourth-order valence-corrected chi connectivity index (χ4v) is 2.60. The van der Waals surface area contributed by atoms with Crippen LogP contribution in [0.2, 0.25) is 0 Å². The molecular weight excluding hydrogens is 360 g/mol. The maximum Gasteiger partial charge on any atom is 0.290 e. The molecule has 0 aliphatic rings. The lowest BCUT2D eigenvalue weighted by Gasteiger charge is -2.09. The molecule has 1 aromatic heterocycles. The second kappa shape index (κ2) is 8.17. The van der Waals surface area contributed by atoms with Crippen LogP contribution in [0, 0.1) is 0 Å². The van der Waals surface area contributed by atoms with E-state index in [1.54, 1.807) is 55.7 Å². The number of ether oxygens (including phenoxy) is 1. The van der Waals surface area contributed by atoms with Crippen molar-refractivity contribution in [2.45, 2.75) is 0 Å². The molecule has 0 unspecified atom stereocenters. The lowest BCUT2D eigenvalue weighted by molar-refractivity contribution is -0.117. The van der Waals surface area contributed by atoms with Crippen molar-refractivity contribution in [2.75, 3.05) is 7.11 Å². The molecule has 0 saturated carbocycles. The zero-order chi connectivity index (χ0) is 20.1. The lowest BCUT2D eigenvalue weighted by Crippen LogP contribution is -2.42. The summed E-state index contributed by atoms with van der Waals surface area (Å²) in [7, 11) is 3.02. The minimum Gasteiger partial charge on any atom is -0.497 e. The number of aryl methyl sites for hydroxylation is 1. The number of nitrogens with zero attached hydrogens (tertiary/aromatic N) is 2. The van der Waals surface area contributed by atoms with Crippen molar-refractivity contribution in [2.24, 2.45) is 7.05 Å². The second-order valence-electron chi connectivity index (χ2n) is 5.88. The van der Waals surface area contributed by atoms with Crippen molar-refractivity contribution in [1.82, 2.24) is 20.6 Å². The first-order chi connectivity index (χ1) is 13.5. The van der Waals surface area contributed by atoms with Crippen molar-refractivity contribution < 1.29 is 14.3 Å². The summed E-state index contributed by atoms with van der Waals surface area (Å²) in [5.74, 6) is -0.483. The number of benzene rings is 2. The number of methoxy groups -OCH3 is 1. The summed E-state index contributed by atoms with van der Waals surface area (Å²) in [6.45, 7) is 0. The minimum absolute atomic E-state index is 0.0368. The van der Waals surface area contributed by atoms with Gasteiger partial charge in [-0.05, 0) is 29.8 Å². The molecule has 2 amide bonds. The number of hydrazine groups is 1. The number of fused-ring (bicyclic) bond motifs is 1. The van der Waals surface area contributed by atoms with Crippen LogP contribution in [0.3, 0.4) is 0 Å². The Balaban J connectivity index is 1.71. The van der Waals surface area contributed by atoms with E-state index in [0.29, 0.717) is 16.5 Å². The number of carbonyl (C=O) groups excluding carboxylic acids is 2. The van der Waals surface area contributed by atoms with Crippen LogP contribution in [0.4, 0.5) is 0 Å². The van der Waals surface area contributed by atoms with E-state index in [1.807, 2.05) is 6.07 Å². The molecular formula is C20H18N4O4. The fraction of sp³-hybridized carbons (Fsp3) is 0.100. The SMILES string of the molecule is COc1cccc(C=CC(=O)NNC(=O)c2nn(C)c(=O)c3ccccc23)c1. The van der Waals surface area contributed by atoms with Gasteiger partial charge in [0.1, 0.15) is 5.75 Å². The monoisotopic (exact) mass is 378 g/mol. The van der Waals surface area contributed by atoms with Gasteiger partial charge in [0.15, 0.2) is 5.69 Å². The lowest BCUT2D eigenvalue weighted by atomic mass is 10.1. The summed E-state index contributed by atoms with van der Waals surface area (Å²) in [6.07, 6.45) is 2.87. The maximum atomic E-state index is 12.4. The molecule has 2 N–H and O–H groups in total. The summed E-state index contributed by atoms with van der Waals surface area (Å²) in [5, 5.41) is 4.78. The second-order valence-corrected chi connectivity index (χ2v) is 5.88. The molecule has 0 saturated heterocycles. The third-order valence-corrected chi connectivity index (χ3v) is 3.99. The number of rotatable bonds is 4. The smallest absolute Gasteiger partial charge is 0.290 e. The van der Waals surface area contributed by atoms with Gasteiger partial charge in [0.05, 0.1) is 12.5 Å². The Kier molecular flexibility index (Phi) is 5.50. The van der Waals surface area contributed by atoms with Gasteiger partial charge in [-0.25, -0.2) is 4.68 Å². The first-order valence-corrected chi connectivity index (χ1v) is 8.38. The number of nitrogens with one attached hydrogen (secondary N) is 2. The average Bonchev–Trinajstić information content (AvgIpc) is 2.73. The first-order valence-electron chi connectivity index (χ1n) is 8.38. The van der Waals surface area contributed by atoms with Crippen molar-refractivity contribution in [1.29, 1.82) is 0 Å². The quantitative estimate of drug-likeness (QED) is 0.528. The van der Waals surface area contributed by atoms with E-state index in [9.17, 15) is 14.4 Å². The number of hydrogen-bond donors (Lipinski definition) is 2. The van der Waals surface area contributed by atoms with Gasteiger partial charge in [0, 0.05) is 18.5 Å². The van der Waals surface area contributed by atoms with Gasteiger partial charge in [0.25, 0.3) is 17.4 Å². The van der Waals surface area contributed by atoms with Gasteiger partial charge in [-0.3, -0.25) is 25.2 Å². The topological polar surface area (TPSA) is 102 Å². The Hall–Kier alpha value is -3.94. The molecule has 8 nitrogen and oxygen atoms in total. The zero-order valence-corrected chi connectivity index (χ0v) is 15.3. The average molecular weight is 378 g/mol. The highest BCUT2D eigenvalue weighted by molar-refractivity contribution is 6.05. The van der Waals surface area contributed by atoms with Crippen LogP contribution in [0.25, 0.3) is 16.8 Å². The van der Waals surface area contributed by atoms with Crippen molar-refractivity contribution >= 4 is 28.7 Å². The van der Waals surface area contributed by atoms with Crippen molar-refractivity contribution in [3.05, 3.63) is 76.2 Å². The highest BCUT2D eigenvalue weighted by Crippen LogP contribution is 2.14. The summed E-state index contributed by atoms with van der Waals surface area (Å²) in [5.41, 5.74) is 5.10. The fourth-order valence-electron chi connectivity index (χ4n) is 2.60. The highest BCUT2D eigenvalue weighted by Gasteiger charge is 2.15. The predicted octanol–water partition coefficient (Wildman–Crippen LogP) is 1.42. The molecule has 0 spiro atoms. The predicted molar refractivity (Wildman–Crippen MR) is 105 cm³/mol. The Labute approximate surface area is 160 Å². The molecule has 2 aromatic carbocycles. The van der Waals surface area contributed by atoms with Crippen LogP contribution in [-0.4, -0.2) is 28.7 Å². The van der Waals surface area contributed by atoms with Crippen LogP contribution in [0.5, 0.6) is 5.75 Å². The van der Waals surface area contributed by atoms with E-state index in [2.05, 4.69) is 16.0 Å². The normalized spacial score (nSPS) is 10.8. The Bertz CT molecular complexity index is 1130. The highest BCUT2D eigenvalue weighted by atomic mass is 16.5. The Morgan fingerprint density at radius 2 is 1.82 bits per heavy atom. The van der Waals surface area contributed by atoms with E-state index in [4.69, 9.17) is 4.74 Å². The van der Waals surface area contributed by atoms with Crippen LogP contribution in [0.1, 0.15) is 16.1 Å². The molecule has 3 aromatic rings. The Morgan fingerprint density at radius 1 is 1.07 bits per heavy atom. The molecule has 0 fully saturated rings. The van der Waals surface area contributed by atoms with Crippen LogP contribution < -0.4 is 21.1 Å². The van der Waals surface area contributed by atoms with Gasteiger partial charge in [0.2, 0.25) is 0 Å². The van der Waals surface area contributed by atoms with Crippen molar-refractivity contribution in [3.8, 4) is 5.75 Å². The molecule has 0 bridgehead atoms. The molecule has 142 valence electrons. The van der Waals surface area contributed by atoms with Gasteiger partial charge < -0.3 is 4.74 Å². The molecule has 0 aliphatic heterocycles. The van der Waals surface area contributed by atoms with Gasteiger partial charge >= 0.3 is 0 Å². The van der Waals surface area contributed by atoms with Crippen LogP contribution in [0.15, 0.2) is 59.4 Å². The van der Waals surface area contributed by atoms with Gasteiger partial charge in [-0.15, -0.1) is 0 Å². The molecule has 0 atom stereocenters. The zero-order valence-electron chi connectivity index (χ0n) is 15.3. The van der Waals surface area contributed by atoms with E-state index in [0.717, 1.165) is 10.2 Å². The largest absolute Gasteiger partial charge is 0.497 e. The Morgan fingerprint density at radius 3 is 2.57 bits per heavy atom. The van der Waals surface area contributed by atoms with Crippen molar-refractivity contribution in [3.63, 3.8) is 0 Å². The van der Waals surface area contributed by atoms with Crippen LogP contribution in [-0.2, 0) is 11.8 Å². The van der Waals surface area contributed by atoms with Gasteiger partial charge in [-0.1, -0.05) is 30.3 Å². The molecule has 0 aliphatic carbocycles. The molecule has 0 radical (unpaired) electrons. The standard InChI is InChI=1S/C20H18N4O4/c1-24-20(27)16-9-4-3-8-15(16)18(23-24)19(26)22-21-17(25)11-10-13-6-5-7-14(12-13)28-2/h3-12H,1-2H3,(H,21,25)(H,22,26). The third kappa shape index (κ3) is 4.07. The summed E-state index contributed by atoms with van der Waals surface area (Å²) in [6, 6.07) is 13.8. The number of hydrogen-bond acceptors (Lipinski definition) is 5. The van der Waals surface area contributed by atoms with E-state index in [1.165, 1.54) is 13.1 Å². The molecule has 8 heteroatoms. The van der Waals surface area contributed by atoms with Gasteiger partial charge in [-0.2, -0.15) is 5.10 Å². The minimum atomic E-state index is -0.630. The van der Waals surface area contributed by atoms with Crippen LogP contribution >= 0.6 is 0 Å². The van der Waals surface area contributed by atoms with E-state index >= 15 is 0 Å². The number of amides is 2. The molecule has 3 rings (SSSR count). The summed E-state index contributed by atoms with van der Waals surface area (Å²) in [4.78, 5) is 36.5. The maximum absolute atomic E-state index is 12.4.